The molecule has 0 spiro atoms. The van der Waals surface area contributed by atoms with E-state index in [1.165, 1.54) is 17.0 Å². The van der Waals surface area contributed by atoms with Crippen LogP contribution in [0.2, 0.25) is 0 Å². The molecule has 0 aliphatic carbocycles. The van der Waals surface area contributed by atoms with E-state index in [2.05, 4.69) is 25.9 Å². The Kier molecular flexibility index (Phi) is 15.4. The fourth-order valence-electron chi connectivity index (χ4n) is 9.05. The number of aryl methyl sites for hydroxylation is 1. The Balaban J connectivity index is 0.799. The second-order valence-electron chi connectivity index (χ2n) is 18.9. The molecule has 3 atom stereocenters. The second kappa shape index (κ2) is 21.1. The zero-order valence-corrected chi connectivity index (χ0v) is 39.4. The van der Waals surface area contributed by atoms with E-state index in [4.69, 9.17) is 0 Å². The zero-order valence-electron chi connectivity index (χ0n) is 38.6. The van der Waals surface area contributed by atoms with Crippen LogP contribution >= 0.6 is 11.3 Å². The molecular formula is C51H62FN7O6S. The Morgan fingerprint density at radius 3 is 2.30 bits per heavy atom. The second-order valence-corrected chi connectivity index (χ2v) is 19.7. The van der Waals surface area contributed by atoms with Crippen LogP contribution in [0.3, 0.4) is 0 Å². The third-order valence-electron chi connectivity index (χ3n) is 12.7. The first-order valence-corrected chi connectivity index (χ1v) is 24.0. The van der Waals surface area contributed by atoms with E-state index >= 15 is 0 Å². The van der Waals surface area contributed by atoms with Gasteiger partial charge in [-0.2, -0.15) is 0 Å². The van der Waals surface area contributed by atoms with Crippen molar-refractivity contribution < 1.29 is 33.5 Å². The van der Waals surface area contributed by atoms with Gasteiger partial charge >= 0.3 is 0 Å². The van der Waals surface area contributed by atoms with Crippen molar-refractivity contribution in [2.24, 2.45) is 5.41 Å². The van der Waals surface area contributed by atoms with Crippen LogP contribution in [0.25, 0.3) is 32.6 Å². The normalized spacial score (nSPS) is 16.5. The number of aliphatic hydroxyl groups excluding tert-OH is 1. The maximum atomic E-state index is 14.3. The minimum absolute atomic E-state index is 0.0163. The molecule has 350 valence electrons. The van der Waals surface area contributed by atoms with Gasteiger partial charge < -0.3 is 35.8 Å². The van der Waals surface area contributed by atoms with Gasteiger partial charge in [-0.3, -0.25) is 24.0 Å². The topological polar surface area (TPSA) is 177 Å². The summed E-state index contributed by atoms with van der Waals surface area (Å²) in [5, 5.41) is 20.1. The van der Waals surface area contributed by atoms with Gasteiger partial charge in [0.05, 0.1) is 27.7 Å². The average molecular weight is 920 g/mol. The van der Waals surface area contributed by atoms with Crippen LogP contribution in [0.15, 0.2) is 66.2 Å². The maximum absolute atomic E-state index is 14.3. The molecule has 15 heteroatoms. The number of aromatic nitrogens is 2. The van der Waals surface area contributed by atoms with Crippen LogP contribution in [0.1, 0.15) is 111 Å². The molecule has 0 radical (unpaired) electrons. The number of carbonyl (C=O) groups is 5. The Morgan fingerprint density at radius 1 is 0.955 bits per heavy atom. The number of nitrogens with zero attached hydrogens (tertiary/aromatic N) is 3. The number of aromatic amines is 1. The number of rotatable bonds is 18. The summed E-state index contributed by atoms with van der Waals surface area (Å²) in [7, 11) is 1.81. The van der Waals surface area contributed by atoms with E-state index in [9.17, 15) is 33.5 Å². The Morgan fingerprint density at radius 2 is 1.62 bits per heavy atom. The van der Waals surface area contributed by atoms with Gasteiger partial charge in [0.2, 0.25) is 23.6 Å². The molecule has 1 saturated heterocycles. The van der Waals surface area contributed by atoms with Crippen molar-refractivity contribution in [1.82, 2.24) is 35.7 Å². The molecule has 5 N–H and O–H groups in total. The van der Waals surface area contributed by atoms with Gasteiger partial charge in [-0.25, -0.2) is 9.37 Å². The van der Waals surface area contributed by atoms with Crippen LogP contribution in [0, 0.1) is 18.2 Å². The lowest BCUT2D eigenvalue weighted by molar-refractivity contribution is -0.144. The zero-order chi connectivity index (χ0) is 47.1. The highest BCUT2D eigenvalue weighted by Gasteiger charge is 2.44. The van der Waals surface area contributed by atoms with E-state index in [0.717, 1.165) is 81.6 Å². The summed E-state index contributed by atoms with van der Waals surface area (Å²) >= 11 is 1.58. The molecule has 1 fully saturated rings. The highest BCUT2D eigenvalue weighted by atomic mass is 32.1. The minimum atomic E-state index is -0.876. The van der Waals surface area contributed by atoms with Gasteiger partial charge in [-0.1, -0.05) is 95.0 Å². The third kappa shape index (κ3) is 11.5. The predicted molar refractivity (Wildman–Crippen MR) is 255 cm³/mol. The number of nitrogens with one attached hydrogen (secondary N) is 4. The number of hydrogen-bond donors (Lipinski definition) is 5. The highest BCUT2D eigenvalue weighted by molar-refractivity contribution is 7.13. The summed E-state index contributed by atoms with van der Waals surface area (Å²) in [4.78, 5) is 78.1. The lowest BCUT2D eigenvalue weighted by Gasteiger charge is -2.35. The van der Waals surface area contributed by atoms with Crippen LogP contribution in [-0.4, -0.2) is 92.7 Å². The predicted octanol–water partition coefficient (Wildman–Crippen LogP) is 7.58. The first kappa shape index (κ1) is 48.0. The van der Waals surface area contributed by atoms with Crippen LogP contribution in [0.5, 0.6) is 0 Å². The van der Waals surface area contributed by atoms with Gasteiger partial charge in [-0.15, -0.1) is 11.3 Å². The molecule has 66 heavy (non-hydrogen) atoms. The van der Waals surface area contributed by atoms with Crippen molar-refractivity contribution in [3.63, 3.8) is 0 Å². The van der Waals surface area contributed by atoms with Crippen LogP contribution in [-0.2, 0) is 38.7 Å². The standard InChI is InChI=1S/C51H62FN7O6S/c1-31-46(66-30-55-31)35-20-14-32(15-21-35)27-54-49(64)41-26-37(60)29-59(41)50(65)47(51(2,3)4)57-42(61)12-10-8-6-7-9-11-13-43(62)58(5)28-33-16-18-34(19-17-33)45-38-22-23-53-48(63)39-24-36(52)25-40(56-45)44(38)39/h14-21,24-25,30,37,41,47,56,60H,6-13,22-23,26-29H2,1-5H3,(H,53,63)(H,54,64)(H,57,61)/t37-,41+,47-/m1/s1. The number of H-pyrrole nitrogens is 1. The number of halogens is 1. The monoisotopic (exact) mass is 919 g/mol. The van der Waals surface area contributed by atoms with E-state index in [1.807, 2.05) is 88.8 Å². The average Bonchev–Trinajstić information content (AvgIpc) is 3.98. The van der Waals surface area contributed by atoms with E-state index in [1.54, 1.807) is 16.2 Å². The molecule has 5 amide bonds. The summed E-state index contributed by atoms with van der Waals surface area (Å²) in [5.41, 5.74) is 8.81. The molecule has 0 unspecified atom stereocenters. The first-order chi connectivity index (χ1) is 31.6. The number of carbonyl (C=O) groups excluding carboxylic acids is 5. The number of unbranched alkanes of at least 4 members (excludes halogenated alkanes) is 5. The molecule has 3 aromatic carbocycles. The molecule has 2 aliphatic rings. The minimum Gasteiger partial charge on any atom is -0.391 e. The quantitative estimate of drug-likeness (QED) is 0.0563. The summed E-state index contributed by atoms with van der Waals surface area (Å²) in [6, 6.07) is 16.8. The van der Waals surface area contributed by atoms with Crippen molar-refractivity contribution in [3.8, 4) is 21.7 Å². The summed E-state index contributed by atoms with van der Waals surface area (Å²) in [6.45, 7) is 8.82. The first-order valence-electron chi connectivity index (χ1n) is 23.1. The van der Waals surface area contributed by atoms with Crippen molar-refractivity contribution in [2.75, 3.05) is 20.1 Å². The van der Waals surface area contributed by atoms with E-state index < -0.39 is 29.4 Å². The van der Waals surface area contributed by atoms with Crippen molar-refractivity contribution in [1.29, 1.82) is 0 Å². The van der Waals surface area contributed by atoms with E-state index in [-0.39, 0.29) is 55.5 Å². The third-order valence-corrected chi connectivity index (χ3v) is 13.7. The lowest BCUT2D eigenvalue weighted by Crippen LogP contribution is -2.57. The number of thiazole rings is 1. The van der Waals surface area contributed by atoms with Crippen molar-refractivity contribution >= 4 is 51.8 Å². The SMILES string of the molecule is Cc1ncsc1-c1ccc(CNC(=O)[C@@H]2C[C@@H](O)CN2C(=O)[C@@H](NC(=O)CCCCCCCCC(=O)N(C)Cc2ccc(-c3[nH]c4cc(F)cc5c4c3CCNC5=O)cc2)C(C)(C)C)cc1. The highest BCUT2D eigenvalue weighted by Crippen LogP contribution is 2.35. The Bertz CT molecular complexity index is 2550. The maximum Gasteiger partial charge on any atom is 0.252 e. The molecule has 2 aliphatic heterocycles. The van der Waals surface area contributed by atoms with E-state index in [0.29, 0.717) is 43.4 Å². The number of β-amino-alcohol motifs (C(OH)–C–C–N with tert-alkyl or cyclic N) is 1. The fourth-order valence-corrected chi connectivity index (χ4v) is 9.86. The molecule has 7 rings (SSSR count). The molecular weight excluding hydrogens is 858 g/mol. The lowest BCUT2D eigenvalue weighted by atomic mass is 9.85. The summed E-state index contributed by atoms with van der Waals surface area (Å²) < 4.78 is 14.3. The van der Waals surface area contributed by atoms with Gasteiger partial charge in [0.25, 0.3) is 5.91 Å². The summed E-state index contributed by atoms with van der Waals surface area (Å²) in [5.74, 6) is -1.62. The van der Waals surface area contributed by atoms with Gasteiger partial charge in [0.15, 0.2) is 0 Å². The Hall–Kier alpha value is -5.93. The molecule has 13 nitrogen and oxygen atoms in total. The van der Waals surface area contributed by atoms with Crippen LogP contribution in [0.4, 0.5) is 4.39 Å². The molecule has 2 aromatic heterocycles. The molecule has 4 heterocycles. The van der Waals surface area contributed by atoms with Crippen molar-refractivity contribution in [2.45, 2.75) is 123 Å². The number of hydrogen-bond acceptors (Lipinski definition) is 8. The number of likely N-dealkylation sites (tertiary alicyclic amines) is 1. The number of amides is 5. The molecule has 0 bridgehead atoms. The van der Waals surface area contributed by atoms with Gasteiger partial charge in [0.1, 0.15) is 17.9 Å². The Labute approximate surface area is 389 Å². The molecule has 5 aromatic rings. The number of benzene rings is 3. The summed E-state index contributed by atoms with van der Waals surface area (Å²) in [6.07, 6.45) is 5.64. The smallest absolute Gasteiger partial charge is 0.252 e. The largest absolute Gasteiger partial charge is 0.391 e. The number of aliphatic hydroxyl groups is 1. The van der Waals surface area contributed by atoms with Gasteiger partial charge in [-0.05, 0) is 71.6 Å². The molecule has 0 saturated carbocycles. The van der Waals surface area contributed by atoms with Gasteiger partial charge in [0, 0.05) is 69.1 Å². The van der Waals surface area contributed by atoms with Crippen molar-refractivity contribution in [3.05, 3.63) is 99.9 Å². The fraction of sp³-hybridized carbons (Fsp3) is 0.451. The van der Waals surface area contributed by atoms with Crippen LogP contribution < -0.4 is 16.0 Å².